The van der Waals surface area contributed by atoms with E-state index in [0.717, 1.165) is 16.6 Å². The molecule has 0 radical (unpaired) electrons. The molecule has 0 spiro atoms. The number of aryl methyl sites for hydroxylation is 1. The van der Waals surface area contributed by atoms with Crippen LogP contribution in [-0.2, 0) is 0 Å². The fourth-order valence-corrected chi connectivity index (χ4v) is 1.62. The Labute approximate surface area is 77.7 Å². The molecule has 2 rings (SSSR count). The van der Waals surface area contributed by atoms with Gasteiger partial charge in [0.05, 0.1) is 4.47 Å². The third-order valence-electron chi connectivity index (χ3n) is 1.80. The SMILES string of the molecule is Cc1cc2cc(F)c(Br)cc2[nH]1. The second kappa shape index (κ2) is 2.59. The van der Waals surface area contributed by atoms with Gasteiger partial charge in [-0.15, -0.1) is 0 Å². The van der Waals surface area contributed by atoms with E-state index in [1.54, 1.807) is 6.07 Å². The van der Waals surface area contributed by atoms with Crippen LogP contribution in [0.15, 0.2) is 22.7 Å². The number of benzene rings is 1. The standard InChI is InChI=1S/C9H7BrFN/c1-5-2-6-3-8(11)7(10)4-9(6)12-5/h2-4,12H,1H3. The van der Waals surface area contributed by atoms with Gasteiger partial charge in [-0.2, -0.15) is 0 Å². The Kier molecular flexibility index (Phi) is 1.68. The summed E-state index contributed by atoms with van der Waals surface area (Å²) in [5.41, 5.74) is 2.00. The average molecular weight is 228 g/mol. The lowest BCUT2D eigenvalue weighted by molar-refractivity contribution is 0.623. The van der Waals surface area contributed by atoms with Gasteiger partial charge in [0.1, 0.15) is 5.82 Å². The van der Waals surface area contributed by atoms with E-state index in [0.29, 0.717) is 4.47 Å². The normalized spacial score (nSPS) is 10.9. The maximum Gasteiger partial charge on any atom is 0.138 e. The van der Waals surface area contributed by atoms with Crippen LogP contribution in [-0.4, -0.2) is 4.98 Å². The third kappa shape index (κ3) is 1.14. The summed E-state index contributed by atoms with van der Waals surface area (Å²) >= 11 is 3.13. The molecular formula is C9H7BrFN. The number of halogens is 2. The Bertz CT molecular complexity index is 394. The molecule has 2 aromatic rings. The first-order valence-electron chi connectivity index (χ1n) is 3.61. The zero-order valence-corrected chi connectivity index (χ0v) is 8.07. The highest BCUT2D eigenvalue weighted by molar-refractivity contribution is 9.10. The van der Waals surface area contributed by atoms with Crippen LogP contribution in [0.1, 0.15) is 5.69 Å². The summed E-state index contributed by atoms with van der Waals surface area (Å²) in [4.78, 5) is 3.13. The summed E-state index contributed by atoms with van der Waals surface area (Å²) in [7, 11) is 0. The van der Waals surface area contributed by atoms with Crippen molar-refractivity contribution in [3.05, 3.63) is 34.2 Å². The van der Waals surface area contributed by atoms with E-state index in [2.05, 4.69) is 20.9 Å². The molecule has 0 fully saturated rings. The summed E-state index contributed by atoms with van der Waals surface area (Å²) in [5.74, 6) is -0.221. The molecule has 0 saturated carbocycles. The number of hydrogen-bond donors (Lipinski definition) is 1. The molecule has 0 unspecified atom stereocenters. The van der Waals surface area contributed by atoms with Crippen LogP contribution in [0.3, 0.4) is 0 Å². The number of nitrogens with one attached hydrogen (secondary N) is 1. The van der Waals surface area contributed by atoms with Crippen molar-refractivity contribution in [2.75, 3.05) is 0 Å². The molecule has 0 saturated heterocycles. The Morgan fingerprint density at radius 3 is 2.83 bits per heavy atom. The maximum atomic E-state index is 13.0. The number of rotatable bonds is 0. The van der Waals surface area contributed by atoms with Crippen LogP contribution in [0.5, 0.6) is 0 Å². The molecule has 0 atom stereocenters. The fourth-order valence-electron chi connectivity index (χ4n) is 1.27. The van der Waals surface area contributed by atoms with Crippen LogP contribution in [0.4, 0.5) is 4.39 Å². The molecule has 1 nitrogen and oxygen atoms in total. The topological polar surface area (TPSA) is 15.8 Å². The second-order valence-corrected chi connectivity index (χ2v) is 3.66. The lowest BCUT2D eigenvalue weighted by Crippen LogP contribution is -1.76. The van der Waals surface area contributed by atoms with Gasteiger partial charge < -0.3 is 4.98 Å². The Hall–Kier alpha value is -0.830. The number of aromatic nitrogens is 1. The molecule has 1 aromatic carbocycles. The van der Waals surface area contributed by atoms with E-state index >= 15 is 0 Å². The minimum absolute atomic E-state index is 0.221. The van der Waals surface area contributed by atoms with E-state index in [-0.39, 0.29) is 5.82 Å². The summed E-state index contributed by atoms with van der Waals surface area (Å²) in [6.45, 7) is 1.95. The first-order valence-corrected chi connectivity index (χ1v) is 4.40. The number of H-pyrrole nitrogens is 1. The second-order valence-electron chi connectivity index (χ2n) is 2.81. The van der Waals surface area contributed by atoms with Crippen molar-refractivity contribution in [3.63, 3.8) is 0 Å². The van der Waals surface area contributed by atoms with Crippen LogP contribution in [0.25, 0.3) is 10.9 Å². The number of aromatic amines is 1. The van der Waals surface area contributed by atoms with Gasteiger partial charge in [-0.3, -0.25) is 0 Å². The van der Waals surface area contributed by atoms with Crippen LogP contribution >= 0.6 is 15.9 Å². The van der Waals surface area contributed by atoms with Crippen LogP contribution in [0.2, 0.25) is 0 Å². The molecule has 12 heavy (non-hydrogen) atoms. The largest absolute Gasteiger partial charge is 0.359 e. The van der Waals surface area contributed by atoms with Gasteiger partial charge in [0, 0.05) is 16.6 Å². The highest BCUT2D eigenvalue weighted by atomic mass is 79.9. The van der Waals surface area contributed by atoms with Gasteiger partial charge in [0.15, 0.2) is 0 Å². The van der Waals surface area contributed by atoms with Crippen molar-refractivity contribution >= 4 is 26.8 Å². The van der Waals surface area contributed by atoms with E-state index in [1.165, 1.54) is 6.07 Å². The Morgan fingerprint density at radius 1 is 1.33 bits per heavy atom. The lowest BCUT2D eigenvalue weighted by atomic mass is 10.2. The molecule has 1 heterocycles. The smallest absolute Gasteiger partial charge is 0.138 e. The van der Waals surface area contributed by atoms with E-state index in [9.17, 15) is 4.39 Å². The Morgan fingerprint density at radius 2 is 2.08 bits per heavy atom. The summed E-state index contributed by atoms with van der Waals surface area (Å²) < 4.78 is 13.5. The molecule has 1 N–H and O–H groups in total. The summed E-state index contributed by atoms with van der Waals surface area (Å²) in [6, 6.07) is 5.19. The van der Waals surface area contributed by atoms with Gasteiger partial charge >= 0.3 is 0 Å². The minimum atomic E-state index is -0.221. The molecule has 1 aromatic heterocycles. The van der Waals surface area contributed by atoms with E-state index in [1.807, 2.05) is 13.0 Å². The number of fused-ring (bicyclic) bond motifs is 1. The van der Waals surface area contributed by atoms with Crippen molar-refractivity contribution in [3.8, 4) is 0 Å². The zero-order valence-electron chi connectivity index (χ0n) is 6.49. The average Bonchev–Trinajstić information content (AvgIpc) is 2.30. The third-order valence-corrected chi connectivity index (χ3v) is 2.40. The molecule has 0 amide bonds. The van der Waals surface area contributed by atoms with Crippen LogP contribution in [0, 0.1) is 12.7 Å². The predicted molar refractivity (Wildman–Crippen MR) is 50.7 cm³/mol. The van der Waals surface area contributed by atoms with Gasteiger partial charge in [-0.25, -0.2) is 4.39 Å². The van der Waals surface area contributed by atoms with E-state index in [4.69, 9.17) is 0 Å². The monoisotopic (exact) mass is 227 g/mol. The van der Waals surface area contributed by atoms with Crippen molar-refractivity contribution < 1.29 is 4.39 Å². The quantitative estimate of drug-likeness (QED) is 0.711. The Balaban J connectivity index is 2.83. The maximum absolute atomic E-state index is 13.0. The highest BCUT2D eigenvalue weighted by Gasteiger charge is 2.03. The lowest BCUT2D eigenvalue weighted by Gasteiger charge is -1.93. The minimum Gasteiger partial charge on any atom is -0.359 e. The number of hydrogen-bond acceptors (Lipinski definition) is 0. The van der Waals surface area contributed by atoms with E-state index < -0.39 is 0 Å². The van der Waals surface area contributed by atoms with Gasteiger partial charge in [0.25, 0.3) is 0 Å². The molecular weight excluding hydrogens is 221 g/mol. The van der Waals surface area contributed by atoms with Crippen molar-refractivity contribution in [1.82, 2.24) is 4.98 Å². The fraction of sp³-hybridized carbons (Fsp3) is 0.111. The molecule has 0 aliphatic carbocycles. The molecule has 3 heteroatoms. The first kappa shape index (κ1) is 7.80. The van der Waals surface area contributed by atoms with Crippen molar-refractivity contribution in [2.45, 2.75) is 6.92 Å². The van der Waals surface area contributed by atoms with Gasteiger partial charge in [-0.05, 0) is 41.1 Å². The van der Waals surface area contributed by atoms with Gasteiger partial charge in [-0.1, -0.05) is 0 Å². The zero-order chi connectivity index (χ0) is 8.72. The van der Waals surface area contributed by atoms with Crippen molar-refractivity contribution in [1.29, 1.82) is 0 Å². The highest BCUT2D eigenvalue weighted by Crippen LogP contribution is 2.23. The summed E-state index contributed by atoms with van der Waals surface area (Å²) in [6.07, 6.45) is 0. The molecule has 0 aliphatic rings. The molecule has 0 aliphatic heterocycles. The van der Waals surface area contributed by atoms with Crippen molar-refractivity contribution in [2.24, 2.45) is 0 Å². The van der Waals surface area contributed by atoms with Gasteiger partial charge in [0.2, 0.25) is 0 Å². The predicted octanol–water partition coefficient (Wildman–Crippen LogP) is 3.38. The summed E-state index contributed by atoms with van der Waals surface area (Å²) in [5, 5.41) is 0.910. The molecule has 0 bridgehead atoms. The first-order chi connectivity index (χ1) is 5.66. The van der Waals surface area contributed by atoms with Crippen LogP contribution < -0.4 is 0 Å². The molecule has 62 valence electrons.